The van der Waals surface area contributed by atoms with Gasteiger partial charge in [-0.1, -0.05) is 25.3 Å². The van der Waals surface area contributed by atoms with E-state index in [1.807, 2.05) is 12.3 Å². The van der Waals surface area contributed by atoms with Crippen LogP contribution in [0.25, 0.3) is 0 Å². The van der Waals surface area contributed by atoms with Crippen LogP contribution in [0.3, 0.4) is 0 Å². The van der Waals surface area contributed by atoms with Crippen LogP contribution in [0.5, 0.6) is 0 Å². The molecule has 0 bridgehead atoms. The maximum Gasteiger partial charge on any atom is 0.0661 e. The van der Waals surface area contributed by atoms with Crippen LogP contribution in [0.1, 0.15) is 64.1 Å². The molecule has 1 N–H and O–H groups in total. The van der Waals surface area contributed by atoms with Crippen LogP contribution in [-0.4, -0.2) is 23.7 Å². The van der Waals surface area contributed by atoms with Crippen molar-refractivity contribution in [3.8, 4) is 0 Å². The van der Waals surface area contributed by atoms with E-state index < -0.39 is 0 Å². The number of hydrogen-bond acceptors (Lipinski definition) is 3. The Labute approximate surface area is 128 Å². The average Bonchev–Trinajstić information content (AvgIpc) is 2.55. The molecule has 0 aliphatic heterocycles. The third kappa shape index (κ3) is 2.86. The van der Waals surface area contributed by atoms with Gasteiger partial charge in [0.25, 0.3) is 0 Å². The molecule has 2 aliphatic carbocycles. The van der Waals surface area contributed by atoms with Gasteiger partial charge >= 0.3 is 0 Å². The Bertz CT molecular complexity index is 442. The first-order valence-electron chi connectivity index (χ1n) is 8.55. The molecule has 0 aromatic carbocycles. The van der Waals surface area contributed by atoms with Gasteiger partial charge in [0.2, 0.25) is 0 Å². The lowest BCUT2D eigenvalue weighted by molar-refractivity contribution is -0.152. The van der Waals surface area contributed by atoms with E-state index in [1.165, 1.54) is 32.1 Å². The van der Waals surface area contributed by atoms with Crippen LogP contribution in [-0.2, 0) is 4.74 Å². The predicted molar refractivity (Wildman–Crippen MR) is 85.1 cm³/mol. The molecule has 2 aliphatic rings. The highest BCUT2D eigenvalue weighted by molar-refractivity contribution is 5.13. The third-order valence-electron chi connectivity index (χ3n) is 5.52. The van der Waals surface area contributed by atoms with Gasteiger partial charge in [-0.25, -0.2) is 0 Å². The molecule has 0 radical (unpaired) electrons. The Kier molecular flexibility index (Phi) is 4.60. The van der Waals surface area contributed by atoms with Gasteiger partial charge in [-0.2, -0.15) is 0 Å². The van der Waals surface area contributed by atoms with E-state index in [-0.39, 0.29) is 0 Å². The number of rotatable bonds is 5. The van der Waals surface area contributed by atoms with Crippen molar-refractivity contribution in [3.05, 3.63) is 30.1 Å². The maximum atomic E-state index is 6.03. The van der Waals surface area contributed by atoms with Crippen LogP contribution >= 0.6 is 0 Å². The molecule has 3 atom stereocenters. The summed E-state index contributed by atoms with van der Waals surface area (Å²) in [6.45, 7) is 5.19. The van der Waals surface area contributed by atoms with E-state index in [9.17, 15) is 0 Å². The Morgan fingerprint density at radius 2 is 2.14 bits per heavy atom. The summed E-state index contributed by atoms with van der Waals surface area (Å²) in [6, 6.07) is 7.07. The summed E-state index contributed by atoms with van der Waals surface area (Å²) in [5.74, 6) is 0. The van der Waals surface area contributed by atoms with E-state index in [1.54, 1.807) is 0 Å². The van der Waals surface area contributed by atoms with Gasteiger partial charge in [-0.3, -0.25) is 4.98 Å². The Morgan fingerprint density at radius 3 is 2.81 bits per heavy atom. The number of nitrogens with zero attached hydrogens (tertiary/aromatic N) is 1. The zero-order valence-electron chi connectivity index (χ0n) is 13.3. The molecule has 2 fully saturated rings. The Hall–Kier alpha value is -0.930. The number of aromatic nitrogens is 1. The largest absolute Gasteiger partial charge is 0.378 e. The van der Waals surface area contributed by atoms with Gasteiger partial charge in [-0.05, 0) is 45.2 Å². The first kappa shape index (κ1) is 15.0. The molecule has 2 unspecified atom stereocenters. The SMILES string of the molecule is CCOC1CC(N[C@@H](C)c2ccccn2)C12CCCCC2. The van der Waals surface area contributed by atoms with Gasteiger partial charge in [0.05, 0.1) is 11.8 Å². The molecule has 3 heteroatoms. The minimum Gasteiger partial charge on any atom is -0.378 e. The molecule has 1 aromatic heterocycles. The van der Waals surface area contributed by atoms with Gasteiger partial charge in [-0.15, -0.1) is 0 Å². The lowest BCUT2D eigenvalue weighted by Crippen LogP contribution is -2.64. The highest BCUT2D eigenvalue weighted by Crippen LogP contribution is 2.53. The Balaban J connectivity index is 1.67. The van der Waals surface area contributed by atoms with Crippen LogP contribution in [0.4, 0.5) is 0 Å². The normalized spacial score (nSPS) is 29.0. The first-order valence-corrected chi connectivity index (χ1v) is 8.55. The van der Waals surface area contributed by atoms with E-state index >= 15 is 0 Å². The summed E-state index contributed by atoms with van der Waals surface area (Å²) in [5, 5.41) is 3.84. The minimum absolute atomic E-state index is 0.317. The number of hydrogen-bond donors (Lipinski definition) is 1. The smallest absolute Gasteiger partial charge is 0.0661 e. The standard InChI is InChI=1S/C18H28N2O/c1-3-21-17-13-16(18(17)10-6-4-7-11-18)20-14(2)15-9-5-8-12-19-15/h5,8-9,12,14,16-17,20H,3-4,6-7,10-11,13H2,1-2H3/t14-,16?,17?/m0/s1. The topological polar surface area (TPSA) is 34.1 Å². The first-order chi connectivity index (χ1) is 10.3. The monoisotopic (exact) mass is 288 g/mol. The molecular formula is C18H28N2O. The van der Waals surface area contributed by atoms with E-state index in [2.05, 4.69) is 36.3 Å². The molecule has 1 heterocycles. The highest BCUT2D eigenvalue weighted by Gasteiger charge is 2.55. The maximum absolute atomic E-state index is 6.03. The second kappa shape index (κ2) is 6.45. The van der Waals surface area contributed by atoms with Crippen LogP contribution in [0.15, 0.2) is 24.4 Å². The van der Waals surface area contributed by atoms with Gasteiger partial charge in [0.1, 0.15) is 0 Å². The molecule has 2 saturated carbocycles. The predicted octanol–water partition coefficient (Wildman–Crippen LogP) is 3.86. The molecule has 3 rings (SSSR count). The molecule has 116 valence electrons. The zero-order chi connectivity index (χ0) is 14.7. The van der Waals surface area contributed by atoms with Crippen LogP contribution in [0, 0.1) is 5.41 Å². The highest BCUT2D eigenvalue weighted by atomic mass is 16.5. The summed E-state index contributed by atoms with van der Waals surface area (Å²) in [5.41, 5.74) is 1.53. The van der Waals surface area contributed by atoms with E-state index in [4.69, 9.17) is 4.74 Å². The van der Waals surface area contributed by atoms with Crippen molar-refractivity contribution in [1.82, 2.24) is 10.3 Å². The Morgan fingerprint density at radius 1 is 1.33 bits per heavy atom. The van der Waals surface area contributed by atoms with Gasteiger partial charge in [0, 0.05) is 30.3 Å². The summed E-state index contributed by atoms with van der Waals surface area (Å²) < 4.78 is 6.03. The van der Waals surface area contributed by atoms with Gasteiger partial charge < -0.3 is 10.1 Å². The second-order valence-electron chi connectivity index (χ2n) is 6.67. The third-order valence-corrected chi connectivity index (χ3v) is 5.52. The quantitative estimate of drug-likeness (QED) is 0.893. The fourth-order valence-corrected chi connectivity index (χ4v) is 4.32. The molecule has 0 saturated heterocycles. The molecule has 1 aromatic rings. The number of ether oxygens (including phenoxy) is 1. The van der Waals surface area contributed by atoms with Crippen molar-refractivity contribution < 1.29 is 4.74 Å². The van der Waals surface area contributed by atoms with Crippen LogP contribution < -0.4 is 5.32 Å². The summed E-state index contributed by atoms with van der Waals surface area (Å²) >= 11 is 0. The van der Waals surface area contributed by atoms with Crippen molar-refractivity contribution in [3.63, 3.8) is 0 Å². The molecule has 1 spiro atoms. The van der Waals surface area contributed by atoms with Crippen LogP contribution in [0.2, 0.25) is 0 Å². The molecule has 3 nitrogen and oxygen atoms in total. The van der Waals surface area contributed by atoms with E-state index in [0.717, 1.165) is 18.7 Å². The fourth-order valence-electron chi connectivity index (χ4n) is 4.32. The van der Waals surface area contributed by atoms with Crippen molar-refractivity contribution in [2.75, 3.05) is 6.61 Å². The van der Waals surface area contributed by atoms with Crippen molar-refractivity contribution in [2.45, 2.75) is 70.6 Å². The fraction of sp³-hybridized carbons (Fsp3) is 0.722. The zero-order valence-corrected chi connectivity index (χ0v) is 13.3. The number of nitrogens with one attached hydrogen (secondary N) is 1. The summed E-state index contributed by atoms with van der Waals surface area (Å²) in [7, 11) is 0. The summed E-state index contributed by atoms with van der Waals surface area (Å²) in [6.07, 6.45) is 10.3. The average molecular weight is 288 g/mol. The lowest BCUT2D eigenvalue weighted by Gasteiger charge is -2.58. The number of pyridine rings is 1. The van der Waals surface area contributed by atoms with E-state index in [0.29, 0.717) is 23.6 Å². The second-order valence-corrected chi connectivity index (χ2v) is 6.67. The summed E-state index contributed by atoms with van der Waals surface area (Å²) in [4.78, 5) is 4.49. The molecule has 0 amide bonds. The minimum atomic E-state index is 0.317. The molecule has 21 heavy (non-hydrogen) atoms. The van der Waals surface area contributed by atoms with Crippen molar-refractivity contribution in [1.29, 1.82) is 0 Å². The molecular weight excluding hydrogens is 260 g/mol. The van der Waals surface area contributed by atoms with Crippen molar-refractivity contribution in [2.24, 2.45) is 5.41 Å². The van der Waals surface area contributed by atoms with Crippen molar-refractivity contribution >= 4 is 0 Å². The van der Waals surface area contributed by atoms with Gasteiger partial charge in [0.15, 0.2) is 0 Å². The lowest BCUT2D eigenvalue weighted by atomic mass is 9.55.